The molecule has 1 aromatic rings. The third kappa shape index (κ3) is 2.33. The quantitative estimate of drug-likeness (QED) is 0.750. The molecule has 2 fully saturated rings. The van der Waals surface area contributed by atoms with Gasteiger partial charge in [0.1, 0.15) is 0 Å². The van der Waals surface area contributed by atoms with Gasteiger partial charge in [0.2, 0.25) is 5.91 Å². The van der Waals surface area contributed by atoms with Gasteiger partial charge in [-0.15, -0.1) is 11.8 Å². The summed E-state index contributed by atoms with van der Waals surface area (Å²) in [7, 11) is 0. The zero-order chi connectivity index (χ0) is 13.5. The highest BCUT2D eigenvalue weighted by molar-refractivity contribution is 9.10. The van der Waals surface area contributed by atoms with Gasteiger partial charge in [0.25, 0.3) is 0 Å². The first kappa shape index (κ1) is 13.5. The number of rotatable bonds is 1. The van der Waals surface area contributed by atoms with E-state index in [0.29, 0.717) is 5.75 Å². The van der Waals surface area contributed by atoms with Crippen LogP contribution in [0.5, 0.6) is 0 Å². The molecule has 0 aromatic heterocycles. The van der Waals surface area contributed by atoms with Gasteiger partial charge >= 0.3 is 0 Å². The Morgan fingerprint density at radius 1 is 1.26 bits per heavy atom. The van der Waals surface area contributed by atoms with E-state index < -0.39 is 0 Å². The molecule has 3 rings (SSSR count). The second-order valence-corrected chi connectivity index (χ2v) is 7.65. The average Bonchev–Trinajstić information content (AvgIpc) is 2.71. The number of anilines is 1. The van der Waals surface area contributed by atoms with Crippen molar-refractivity contribution in [3.8, 4) is 0 Å². The number of carbonyl (C=O) groups is 1. The van der Waals surface area contributed by atoms with Crippen LogP contribution in [0.1, 0.15) is 37.7 Å². The molecule has 0 unspecified atom stereocenters. The lowest BCUT2D eigenvalue weighted by molar-refractivity contribution is -0.116. The Hall–Kier alpha value is -0.480. The number of amides is 1. The fraction of sp³-hybridized carbons (Fsp3) is 0.533. The molecule has 1 spiro atoms. The van der Waals surface area contributed by atoms with Crippen LogP contribution < -0.4 is 4.90 Å². The van der Waals surface area contributed by atoms with E-state index in [9.17, 15) is 4.79 Å². The number of hydrogen-bond donors (Lipinski definition) is 0. The van der Waals surface area contributed by atoms with E-state index in [1.54, 1.807) is 0 Å². The van der Waals surface area contributed by atoms with Gasteiger partial charge in [0.05, 0.1) is 10.6 Å². The van der Waals surface area contributed by atoms with Crippen molar-refractivity contribution in [2.45, 2.75) is 43.9 Å². The maximum atomic E-state index is 12.3. The minimum absolute atomic E-state index is 0.0318. The lowest BCUT2D eigenvalue weighted by atomic mass is 9.93. The highest BCUT2D eigenvalue weighted by atomic mass is 79.9. The lowest BCUT2D eigenvalue weighted by Gasteiger charge is -2.40. The van der Waals surface area contributed by atoms with E-state index in [1.807, 2.05) is 11.8 Å². The van der Waals surface area contributed by atoms with Gasteiger partial charge in [-0.25, -0.2) is 0 Å². The Balaban J connectivity index is 1.99. The molecule has 1 heterocycles. The fourth-order valence-electron chi connectivity index (χ4n) is 3.12. The normalized spacial score (nSPS) is 22.2. The van der Waals surface area contributed by atoms with Crippen molar-refractivity contribution in [3.05, 3.63) is 28.2 Å². The van der Waals surface area contributed by atoms with Crippen LogP contribution in [-0.2, 0) is 4.79 Å². The summed E-state index contributed by atoms with van der Waals surface area (Å²) in [6.45, 7) is 2.07. The second kappa shape index (κ2) is 5.13. The SMILES string of the molecule is Cc1ccc(N2C(=O)CSC23CCCCC3)cc1Br. The van der Waals surface area contributed by atoms with Gasteiger partial charge in [-0.05, 0) is 37.5 Å². The Bertz CT molecular complexity index is 511. The molecule has 0 bridgehead atoms. The number of nitrogens with zero attached hydrogens (tertiary/aromatic N) is 1. The fourth-order valence-corrected chi connectivity index (χ4v) is 4.93. The van der Waals surface area contributed by atoms with Crippen molar-refractivity contribution in [1.29, 1.82) is 0 Å². The van der Waals surface area contributed by atoms with Crippen LogP contribution >= 0.6 is 27.7 Å². The third-order valence-corrected chi connectivity index (χ3v) is 6.54. The summed E-state index contributed by atoms with van der Waals surface area (Å²) in [5, 5.41) is 0. The standard InChI is InChI=1S/C15H18BrNOS/c1-11-5-6-12(9-13(11)16)17-14(18)10-19-15(17)7-3-2-4-8-15/h5-6,9H,2-4,7-8,10H2,1H3. The van der Waals surface area contributed by atoms with Crippen LogP contribution in [-0.4, -0.2) is 16.5 Å². The molecule has 2 nitrogen and oxygen atoms in total. The van der Waals surface area contributed by atoms with Crippen molar-refractivity contribution in [2.75, 3.05) is 10.7 Å². The van der Waals surface area contributed by atoms with Gasteiger partial charge in [-0.3, -0.25) is 9.69 Å². The van der Waals surface area contributed by atoms with Crippen molar-refractivity contribution < 1.29 is 4.79 Å². The molecule has 1 saturated heterocycles. The molecule has 4 heteroatoms. The summed E-state index contributed by atoms with van der Waals surface area (Å²) in [5.74, 6) is 0.897. The van der Waals surface area contributed by atoms with Crippen LogP contribution in [0, 0.1) is 6.92 Å². The van der Waals surface area contributed by atoms with Gasteiger partial charge in [-0.1, -0.05) is 41.3 Å². The Kier molecular flexibility index (Phi) is 3.65. The summed E-state index contributed by atoms with van der Waals surface area (Å²) >= 11 is 5.43. The maximum absolute atomic E-state index is 12.3. The van der Waals surface area contributed by atoms with Crippen LogP contribution in [0.25, 0.3) is 0 Å². The Morgan fingerprint density at radius 3 is 2.68 bits per heavy atom. The van der Waals surface area contributed by atoms with E-state index in [2.05, 4.69) is 46.0 Å². The monoisotopic (exact) mass is 339 g/mol. The molecule has 1 aliphatic heterocycles. The average molecular weight is 340 g/mol. The molecule has 0 N–H and O–H groups in total. The van der Waals surface area contributed by atoms with Crippen LogP contribution in [0.15, 0.2) is 22.7 Å². The number of hydrogen-bond acceptors (Lipinski definition) is 2. The number of halogens is 1. The van der Waals surface area contributed by atoms with Crippen molar-refractivity contribution >= 4 is 39.3 Å². The van der Waals surface area contributed by atoms with E-state index >= 15 is 0 Å². The topological polar surface area (TPSA) is 20.3 Å². The summed E-state index contributed by atoms with van der Waals surface area (Å²) in [6.07, 6.45) is 6.05. The first-order valence-corrected chi connectivity index (χ1v) is 8.63. The highest BCUT2D eigenvalue weighted by Crippen LogP contribution is 2.49. The van der Waals surface area contributed by atoms with Crippen molar-refractivity contribution in [2.24, 2.45) is 0 Å². The first-order chi connectivity index (χ1) is 9.12. The van der Waals surface area contributed by atoms with E-state index in [0.717, 1.165) is 23.0 Å². The zero-order valence-corrected chi connectivity index (χ0v) is 13.5. The number of carbonyl (C=O) groups excluding carboxylic acids is 1. The molecule has 2 aliphatic rings. The van der Waals surface area contributed by atoms with Crippen molar-refractivity contribution in [1.82, 2.24) is 0 Å². The highest BCUT2D eigenvalue weighted by Gasteiger charge is 2.47. The van der Waals surface area contributed by atoms with Gasteiger partial charge in [-0.2, -0.15) is 0 Å². The summed E-state index contributed by atoms with van der Waals surface area (Å²) in [6, 6.07) is 6.27. The minimum Gasteiger partial charge on any atom is -0.296 e. The zero-order valence-electron chi connectivity index (χ0n) is 11.1. The van der Waals surface area contributed by atoms with Gasteiger partial charge in [0, 0.05) is 10.2 Å². The molecular formula is C15H18BrNOS. The molecule has 0 atom stereocenters. The number of benzene rings is 1. The second-order valence-electron chi connectivity index (χ2n) is 5.46. The molecular weight excluding hydrogens is 322 g/mol. The molecule has 19 heavy (non-hydrogen) atoms. The van der Waals surface area contributed by atoms with E-state index in [4.69, 9.17) is 0 Å². The number of aryl methyl sites for hydroxylation is 1. The minimum atomic E-state index is 0.0318. The van der Waals surface area contributed by atoms with Crippen LogP contribution in [0.3, 0.4) is 0 Å². The van der Waals surface area contributed by atoms with Crippen molar-refractivity contribution in [3.63, 3.8) is 0 Å². The molecule has 1 amide bonds. The smallest absolute Gasteiger partial charge is 0.238 e. The third-order valence-electron chi connectivity index (χ3n) is 4.17. The molecule has 0 radical (unpaired) electrons. The first-order valence-electron chi connectivity index (χ1n) is 6.86. The number of thioether (sulfide) groups is 1. The van der Waals surface area contributed by atoms with Crippen LogP contribution in [0.2, 0.25) is 0 Å². The Labute approximate surface area is 127 Å². The van der Waals surface area contributed by atoms with Crippen LogP contribution in [0.4, 0.5) is 5.69 Å². The predicted octanol–water partition coefficient (Wildman–Crippen LogP) is 4.50. The molecule has 1 aromatic carbocycles. The largest absolute Gasteiger partial charge is 0.296 e. The maximum Gasteiger partial charge on any atom is 0.238 e. The lowest BCUT2D eigenvalue weighted by Crippen LogP contribution is -2.45. The summed E-state index contributed by atoms with van der Waals surface area (Å²) < 4.78 is 1.08. The van der Waals surface area contributed by atoms with E-state index in [-0.39, 0.29) is 10.8 Å². The molecule has 1 aliphatic carbocycles. The van der Waals surface area contributed by atoms with Gasteiger partial charge in [0.15, 0.2) is 0 Å². The van der Waals surface area contributed by atoms with Gasteiger partial charge < -0.3 is 0 Å². The predicted molar refractivity (Wildman–Crippen MR) is 84.6 cm³/mol. The molecule has 1 saturated carbocycles. The summed E-state index contributed by atoms with van der Waals surface area (Å²) in [4.78, 5) is 14.4. The van der Waals surface area contributed by atoms with E-state index in [1.165, 1.54) is 24.8 Å². The summed E-state index contributed by atoms with van der Waals surface area (Å²) in [5.41, 5.74) is 2.26. The molecule has 102 valence electrons. The Morgan fingerprint density at radius 2 is 2.00 bits per heavy atom.